The number of carbonyl (C=O) groups is 1. The summed E-state index contributed by atoms with van der Waals surface area (Å²) in [6.07, 6.45) is 8.06. The second kappa shape index (κ2) is 11.8. The minimum Gasteiger partial charge on any atom is -0.339 e. The third-order valence-corrected chi connectivity index (χ3v) is 9.31. The van der Waals surface area contributed by atoms with Crippen LogP contribution in [0.1, 0.15) is 44.1 Å². The first kappa shape index (κ1) is 24.6. The van der Waals surface area contributed by atoms with E-state index in [1.54, 1.807) is 4.31 Å². The molecule has 0 bridgehead atoms. The molecule has 2 aliphatic heterocycles. The smallest absolute Gasteiger partial charge is 0.236 e. The van der Waals surface area contributed by atoms with Gasteiger partial charge in [0.1, 0.15) is 0 Å². The largest absolute Gasteiger partial charge is 0.339 e. The zero-order valence-electron chi connectivity index (χ0n) is 19.9. The first-order valence-corrected chi connectivity index (χ1v) is 14.3. The Morgan fingerprint density at radius 1 is 0.788 bits per heavy atom. The van der Waals surface area contributed by atoms with Crippen LogP contribution in [-0.2, 0) is 20.6 Å². The van der Waals surface area contributed by atoms with Crippen LogP contribution in [0.15, 0.2) is 30.3 Å². The average molecular weight is 477 g/mol. The van der Waals surface area contributed by atoms with Gasteiger partial charge in [0, 0.05) is 45.8 Å². The maximum atomic E-state index is 12.9. The highest BCUT2D eigenvalue weighted by atomic mass is 32.2. The molecule has 8 heteroatoms. The lowest BCUT2D eigenvalue weighted by molar-refractivity contribution is -0.133. The third-order valence-electron chi connectivity index (χ3n) is 7.46. The third kappa shape index (κ3) is 7.25. The van der Waals surface area contributed by atoms with Crippen molar-refractivity contribution in [1.29, 1.82) is 0 Å². The molecule has 0 N–H and O–H groups in total. The van der Waals surface area contributed by atoms with E-state index < -0.39 is 10.0 Å². The highest BCUT2D eigenvalue weighted by Crippen LogP contribution is 2.24. The van der Waals surface area contributed by atoms with Crippen molar-refractivity contribution in [3.8, 4) is 0 Å². The van der Waals surface area contributed by atoms with Crippen LogP contribution in [0.25, 0.3) is 0 Å². The second-order valence-electron chi connectivity index (χ2n) is 9.96. The summed E-state index contributed by atoms with van der Waals surface area (Å²) in [5.74, 6) is 1.02. The Morgan fingerprint density at radius 3 is 2.18 bits per heavy atom. The highest BCUT2D eigenvalue weighted by molar-refractivity contribution is 7.88. The summed E-state index contributed by atoms with van der Waals surface area (Å²) in [5.41, 5.74) is 0.801. The molecule has 0 unspecified atom stereocenters. The molecule has 33 heavy (non-hydrogen) atoms. The first-order chi connectivity index (χ1) is 16.0. The van der Waals surface area contributed by atoms with Gasteiger partial charge in [0.15, 0.2) is 0 Å². The predicted octanol–water partition coefficient (Wildman–Crippen LogP) is 2.25. The minimum atomic E-state index is -3.36. The normalized spacial score (nSPS) is 22.8. The van der Waals surface area contributed by atoms with Crippen LogP contribution in [0.4, 0.5) is 0 Å². The van der Waals surface area contributed by atoms with E-state index >= 15 is 0 Å². The van der Waals surface area contributed by atoms with Gasteiger partial charge in [0.25, 0.3) is 0 Å². The number of hydrogen-bond donors (Lipinski definition) is 0. The van der Waals surface area contributed by atoms with Gasteiger partial charge >= 0.3 is 0 Å². The lowest BCUT2D eigenvalue weighted by Gasteiger charge is -2.35. The highest BCUT2D eigenvalue weighted by Gasteiger charge is 2.30. The first-order valence-electron chi connectivity index (χ1n) is 12.7. The van der Waals surface area contributed by atoms with E-state index in [0.29, 0.717) is 32.7 Å². The van der Waals surface area contributed by atoms with Crippen molar-refractivity contribution in [3.05, 3.63) is 35.9 Å². The Morgan fingerprint density at radius 2 is 1.45 bits per heavy atom. The average Bonchev–Trinajstić information content (AvgIpc) is 3.05. The van der Waals surface area contributed by atoms with Gasteiger partial charge in [-0.15, -0.1) is 0 Å². The number of rotatable bonds is 7. The lowest BCUT2D eigenvalue weighted by Crippen LogP contribution is -2.53. The van der Waals surface area contributed by atoms with Crippen LogP contribution in [0, 0.1) is 5.92 Å². The summed E-state index contributed by atoms with van der Waals surface area (Å²) in [6, 6.07) is 9.29. The van der Waals surface area contributed by atoms with E-state index in [-0.39, 0.29) is 11.7 Å². The van der Waals surface area contributed by atoms with Crippen molar-refractivity contribution in [1.82, 2.24) is 19.0 Å². The van der Waals surface area contributed by atoms with Crippen molar-refractivity contribution >= 4 is 15.9 Å². The standard InChI is InChI=1S/C25H40N4O3S/c30-25(21-27-13-7-12-26(14-15-27)20-23-8-3-1-4-9-23)28-16-18-29(19-17-28)33(31,32)22-24-10-5-2-6-11-24/h2,5-6,10-11,23H,1,3-4,7-9,12-22H2. The molecule has 2 saturated heterocycles. The Hall–Kier alpha value is -1.48. The van der Waals surface area contributed by atoms with Crippen molar-refractivity contribution in [2.75, 3.05) is 65.4 Å². The molecule has 1 aliphatic carbocycles. The number of piperazine rings is 1. The molecule has 1 aromatic rings. The van der Waals surface area contributed by atoms with E-state index in [4.69, 9.17) is 0 Å². The zero-order valence-corrected chi connectivity index (χ0v) is 20.7. The van der Waals surface area contributed by atoms with Crippen LogP contribution < -0.4 is 0 Å². The predicted molar refractivity (Wildman–Crippen MR) is 131 cm³/mol. The van der Waals surface area contributed by atoms with Gasteiger partial charge < -0.3 is 9.80 Å². The Bertz CT molecular complexity index is 850. The molecule has 1 saturated carbocycles. The van der Waals surface area contributed by atoms with E-state index in [0.717, 1.165) is 44.1 Å². The molecule has 3 fully saturated rings. The summed E-state index contributed by atoms with van der Waals surface area (Å²) in [4.78, 5) is 19.7. The van der Waals surface area contributed by atoms with Crippen molar-refractivity contribution < 1.29 is 13.2 Å². The van der Waals surface area contributed by atoms with E-state index in [1.807, 2.05) is 35.2 Å². The molecule has 1 amide bonds. The van der Waals surface area contributed by atoms with Gasteiger partial charge in [-0.1, -0.05) is 49.6 Å². The molecule has 0 aromatic heterocycles. The van der Waals surface area contributed by atoms with Gasteiger partial charge in [0.05, 0.1) is 12.3 Å². The van der Waals surface area contributed by atoms with Gasteiger partial charge in [-0.05, 0) is 43.8 Å². The fraction of sp³-hybridized carbons (Fsp3) is 0.720. The van der Waals surface area contributed by atoms with Crippen molar-refractivity contribution in [3.63, 3.8) is 0 Å². The summed E-state index contributed by atoms with van der Waals surface area (Å²) in [7, 11) is -3.36. The molecular formula is C25H40N4O3S. The molecule has 7 nitrogen and oxygen atoms in total. The number of amides is 1. The number of hydrogen-bond acceptors (Lipinski definition) is 5. The maximum Gasteiger partial charge on any atom is 0.236 e. The van der Waals surface area contributed by atoms with Crippen LogP contribution >= 0.6 is 0 Å². The summed E-state index contributed by atoms with van der Waals surface area (Å²) in [6.45, 7) is 7.51. The van der Waals surface area contributed by atoms with E-state index in [2.05, 4.69) is 9.80 Å². The summed E-state index contributed by atoms with van der Waals surface area (Å²) < 4.78 is 27.1. The number of nitrogens with zero attached hydrogens (tertiary/aromatic N) is 4. The van der Waals surface area contributed by atoms with Gasteiger partial charge in [-0.2, -0.15) is 4.31 Å². The fourth-order valence-corrected chi connectivity index (χ4v) is 7.00. The second-order valence-corrected chi connectivity index (χ2v) is 11.9. The Balaban J connectivity index is 1.20. The number of sulfonamides is 1. The molecule has 0 spiro atoms. The van der Waals surface area contributed by atoms with Crippen molar-refractivity contribution in [2.45, 2.75) is 44.3 Å². The molecule has 0 atom stereocenters. The molecule has 3 aliphatic rings. The van der Waals surface area contributed by atoms with Crippen LogP contribution in [-0.4, -0.2) is 98.8 Å². The molecule has 4 rings (SSSR count). The fourth-order valence-electron chi connectivity index (χ4n) is 5.48. The Kier molecular flexibility index (Phi) is 8.79. The van der Waals surface area contributed by atoms with Crippen LogP contribution in [0.2, 0.25) is 0 Å². The van der Waals surface area contributed by atoms with Crippen molar-refractivity contribution in [2.24, 2.45) is 5.92 Å². The van der Waals surface area contributed by atoms with E-state index in [1.165, 1.54) is 38.6 Å². The molecule has 2 heterocycles. The number of carbonyl (C=O) groups excluding carboxylic acids is 1. The van der Waals surface area contributed by atoms with Gasteiger partial charge in [-0.25, -0.2) is 8.42 Å². The SMILES string of the molecule is O=C(CN1CCCN(CC2CCCCC2)CC1)N1CCN(S(=O)(=O)Cc2ccccc2)CC1. The maximum absolute atomic E-state index is 12.9. The van der Waals surface area contributed by atoms with Gasteiger partial charge in [-0.3, -0.25) is 9.69 Å². The van der Waals surface area contributed by atoms with Crippen LogP contribution in [0.5, 0.6) is 0 Å². The summed E-state index contributed by atoms with van der Waals surface area (Å²) in [5, 5.41) is 0. The number of benzene rings is 1. The topological polar surface area (TPSA) is 64.2 Å². The van der Waals surface area contributed by atoms with Crippen LogP contribution in [0.3, 0.4) is 0 Å². The molecule has 184 valence electrons. The molecular weight excluding hydrogens is 436 g/mol. The molecule has 0 radical (unpaired) electrons. The quantitative estimate of drug-likeness (QED) is 0.604. The monoisotopic (exact) mass is 476 g/mol. The lowest BCUT2D eigenvalue weighted by atomic mass is 9.89. The minimum absolute atomic E-state index is 0.0208. The Labute approximate surface area is 199 Å². The molecule has 1 aromatic carbocycles. The van der Waals surface area contributed by atoms with Gasteiger partial charge in [0.2, 0.25) is 15.9 Å². The zero-order chi connectivity index (χ0) is 23.1. The van der Waals surface area contributed by atoms with E-state index in [9.17, 15) is 13.2 Å². The summed E-state index contributed by atoms with van der Waals surface area (Å²) >= 11 is 0.